The number of ether oxygens (including phenoxy) is 1. The van der Waals surface area contributed by atoms with Crippen LogP contribution in [0, 0.1) is 0 Å². The van der Waals surface area contributed by atoms with Gasteiger partial charge < -0.3 is 15.8 Å². The third-order valence-electron chi connectivity index (χ3n) is 3.52. The fraction of sp³-hybridized carbons (Fsp3) is 0.917. The van der Waals surface area contributed by atoms with Crippen LogP contribution in [0.4, 0.5) is 0 Å². The highest BCUT2D eigenvalue weighted by Crippen LogP contribution is 2.08. The van der Waals surface area contributed by atoms with E-state index in [2.05, 4.69) is 10.2 Å². The van der Waals surface area contributed by atoms with Crippen LogP contribution in [0.2, 0.25) is 0 Å². The van der Waals surface area contributed by atoms with Crippen LogP contribution in [0.25, 0.3) is 0 Å². The van der Waals surface area contributed by atoms with E-state index < -0.39 is 0 Å². The Bertz CT molecular complexity index is 246. The summed E-state index contributed by atoms with van der Waals surface area (Å²) in [5.41, 5.74) is 5.83. The number of piperidine rings is 1. The van der Waals surface area contributed by atoms with Gasteiger partial charge in [0.2, 0.25) is 5.91 Å². The first-order chi connectivity index (χ1) is 8.24. The maximum Gasteiger partial charge on any atom is 0.234 e. The SMILES string of the molecule is NC1CCN(CC(=O)NC2CCCOC2)CC1. The van der Waals surface area contributed by atoms with E-state index in [0.29, 0.717) is 19.2 Å². The van der Waals surface area contributed by atoms with Gasteiger partial charge in [0.1, 0.15) is 0 Å². The summed E-state index contributed by atoms with van der Waals surface area (Å²) >= 11 is 0. The molecule has 0 saturated carbocycles. The van der Waals surface area contributed by atoms with Gasteiger partial charge in [0.05, 0.1) is 19.2 Å². The molecule has 0 spiro atoms. The number of nitrogens with one attached hydrogen (secondary N) is 1. The van der Waals surface area contributed by atoms with Crippen molar-refractivity contribution in [2.45, 2.75) is 37.8 Å². The molecule has 0 aliphatic carbocycles. The zero-order valence-electron chi connectivity index (χ0n) is 10.4. The average molecular weight is 241 g/mol. The van der Waals surface area contributed by atoms with Crippen molar-refractivity contribution in [2.75, 3.05) is 32.8 Å². The molecule has 2 rings (SSSR count). The lowest BCUT2D eigenvalue weighted by atomic mass is 10.1. The van der Waals surface area contributed by atoms with Gasteiger partial charge in [-0.25, -0.2) is 0 Å². The molecule has 0 radical (unpaired) electrons. The first-order valence-electron chi connectivity index (χ1n) is 6.59. The third-order valence-corrected chi connectivity index (χ3v) is 3.52. The summed E-state index contributed by atoms with van der Waals surface area (Å²) in [7, 11) is 0. The molecule has 0 aromatic carbocycles. The van der Waals surface area contributed by atoms with Gasteiger partial charge in [0.15, 0.2) is 0 Å². The van der Waals surface area contributed by atoms with Crippen LogP contribution in [0.15, 0.2) is 0 Å². The van der Waals surface area contributed by atoms with Crippen LogP contribution in [-0.4, -0.2) is 55.7 Å². The van der Waals surface area contributed by atoms with Gasteiger partial charge in [-0.05, 0) is 25.7 Å². The van der Waals surface area contributed by atoms with Crippen molar-refractivity contribution < 1.29 is 9.53 Å². The average Bonchev–Trinajstić information content (AvgIpc) is 2.33. The molecular weight excluding hydrogens is 218 g/mol. The number of carbonyl (C=O) groups excluding carboxylic acids is 1. The second kappa shape index (κ2) is 6.33. The monoisotopic (exact) mass is 241 g/mol. The summed E-state index contributed by atoms with van der Waals surface area (Å²) in [6.07, 6.45) is 4.08. The van der Waals surface area contributed by atoms with Gasteiger partial charge in [-0.15, -0.1) is 0 Å². The van der Waals surface area contributed by atoms with Gasteiger partial charge in [-0.2, -0.15) is 0 Å². The van der Waals surface area contributed by atoms with Crippen LogP contribution in [0.3, 0.4) is 0 Å². The molecule has 17 heavy (non-hydrogen) atoms. The summed E-state index contributed by atoms with van der Waals surface area (Å²) < 4.78 is 5.34. The molecule has 0 aromatic heterocycles. The molecule has 2 aliphatic rings. The van der Waals surface area contributed by atoms with Gasteiger partial charge in [-0.1, -0.05) is 0 Å². The summed E-state index contributed by atoms with van der Waals surface area (Å²) in [5.74, 6) is 0.121. The smallest absolute Gasteiger partial charge is 0.234 e. The second-order valence-corrected chi connectivity index (χ2v) is 5.10. The van der Waals surface area contributed by atoms with Crippen LogP contribution >= 0.6 is 0 Å². The number of hydrogen-bond acceptors (Lipinski definition) is 4. The van der Waals surface area contributed by atoms with E-state index in [1.54, 1.807) is 0 Å². The highest BCUT2D eigenvalue weighted by atomic mass is 16.5. The van der Waals surface area contributed by atoms with Gasteiger partial charge in [-0.3, -0.25) is 9.69 Å². The van der Waals surface area contributed by atoms with Crippen molar-refractivity contribution in [1.82, 2.24) is 10.2 Å². The van der Waals surface area contributed by atoms with E-state index in [4.69, 9.17) is 10.5 Å². The molecule has 5 nitrogen and oxygen atoms in total. The number of nitrogens with zero attached hydrogens (tertiary/aromatic N) is 1. The Balaban J connectivity index is 1.66. The van der Waals surface area contributed by atoms with Crippen molar-refractivity contribution in [3.05, 3.63) is 0 Å². The van der Waals surface area contributed by atoms with Crippen molar-refractivity contribution in [3.8, 4) is 0 Å². The van der Waals surface area contributed by atoms with Crippen LogP contribution in [0.5, 0.6) is 0 Å². The summed E-state index contributed by atoms with van der Waals surface area (Å²) in [5, 5.41) is 3.04. The Hall–Kier alpha value is -0.650. The van der Waals surface area contributed by atoms with Crippen molar-refractivity contribution >= 4 is 5.91 Å². The number of nitrogens with two attached hydrogens (primary N) is 1. The molecule has 5 heteroatoms. The molecule has 98 valence electrons. The number of carbonyl (C=O) groups is 1. The van der Waals surface area contributed by atoms with Crippen LogP contribution < -0.4 is 11.1 Å². The molecule has 3 N–H and O–H groups in total. The van der Waals surface area contributed by atoms with E-state index in [1.807, 2.05) is 0 Å². The normalized spacial score (nSPS) is 27.9. The predicted molar refractivity (Wildman–Crippen MR) is 65.6 cm³/mol. The minimum Gasteiger partial charge on any atom is -0.379 e. The lowest BCUT2D eigenvalue weighted by Gasteiger charge is -2.30. The maximum atomic E-state index is 11.8. The Kier molecular flexibility index (Phi) is 4.76. The predicted octanol–water partition coefficient (Wildman–Crippen LogP) is -0.295. The number of rotatable bonds is 3. The standard InChI is InChI=1S/C12H23N3O2/c13-10-3-5-15(6-4-10)8-12(16)14-11-2-1-7-17-9-11/h10-11H,1-9,13H2,(H,14,16). The second-order valence-electron chi connectivity index (χ2n) is 5.10. The Morgan fingerprint density at radius 2 is 2.12 bits per heavy atom. The van der Waals surface area contributed by atoms with Crippen molar-refractivity contribution in [2.24, 2.45) is 5.73 Å². The Morgan fingerprint density at radius 3 is 2.76 bits per heavy atom. The van der Waals surface area contributed by atoms with Crippen molar-refractivity contribution in [1.29, 1.82) is 0 Å². The van der Waals surface area contributed by atoms with Gasteiger partial charge in [0.25, 0.3) is 0 Å². The lowest BCUT2D eigenvalue weighted by molar-refractivity contribution is -0.124. The summed E-state index contributed by atoms with van der Waals surface area (Å²) in [6, 6.07) is 0.532. The largest absolute Gasteiger partial charge is 0.379 e. The first-order valence-corrected chi connectivity index (χ1v) is 6.59. The first kappa shape index (κ1) is 12.8. The topological polar surface area (TPSA) is 67.6 Å². The lowest BCUT2D eigenvalue weighted by Crippen LogP contribution is -2.48. The highest BCUT2D eigenvalue weighted by Gasteiger charge is 2.20. The fourth-order valence-corrected chi connectivity index (χ4v) is 2.44. The summed E-state index contributed by atoms with van der Waals surface area (Å²) in [6.45, 7) is 3.88. The van der Waals surface area contributed by atoms with Crippen LogP contribution in [0.1, 0.15) is 25.7 Å². The van der Waals surface area contributed by atoms with E-state index in [9.17, 15) is 4.79 Å². The Morgan fingerprint density at radius 1 is 1.35 bits per heavy atom. The number of likely N-dealkylation sites (tertiary alicyclic amines) is 1. The summed E-state index contributed by atoms with van der Waals surface area (Å²) in [4.78, 5) is 14.0. The molecule has 2 heterocycles. The number of amides is 1. The van der Waals surface area contributed by atoms with Crippen molar-refractivity contribution in [3.63, 3.8) is 0 Å². The number of hydrogen-bond donors (Lipinski definition) is 2. The van der Waals surface area contributed by atoms with E-state index in [1.165, 1.54) is 0 Å². The molecule has 1 atom stereocenters. The van der Waals surface area contributed by atoms with Gasteiger partial charge >= 0.3 is 0 Å². The van der Waals surface area contributed by atoms with Gasteiger partial charge in [0, 0.05) is 25.7 Å². The Labute approximate surface area is 103 Å². The molecule has 1 amide bonds. The van der Waals surface area contributed by atoms with E-state index in [0.717, 1.165) is 45.4 Å². The molecule has 1 unspecified atom stereocenters. The molecule has 2 saturated heterocycles. The molecule has 2 fully saturated rings. The molecule has 2 aliphatic heterocycles. The minimum atomic E-state index is 0.121. The zero-order valence-corrected chi connectivity index (χ0v) is 10.4. The minimum absolute atomic E-state index is 0.121. The molecular formula is C12H23N3O2. The molecule has 0 aromatic rings. The highest BCUT2D eigenvalue weighted by molar-refractivity contribution is 5.78. The fourth-order valence-electron chi connectivity index (χ4n) is 2.44. The van der Waals surface area contributed by atoms with Crippen LogP contribution in [-0.2, 0) is 9.53 Å². The maximum absolute atomic E-state index is 11.8. The molecule has 0 bridgehead atoms. The quantitative estimate of drug-likeness (QED) is 0.712. The zero-order chi connectivity index (χ0) is 12.1. The van der Waals surface area contributed by atoms with E-state index >= 15 is 0 Å². The third kappa shape index (κ3) is 4.26. The van der Waals surface area contributed by atoms with E-state index in [-0.39, 0.29) is 11.9 Å².